The Bertz CT molecular complexity index is 207. The van der Waals surface area contributed by atoms with E-state index in [0.29, 0.717) is 5.92 Å². The molecule has 2 aliphatic heterocycles. The van der Waals surface area contributed by atoms with E-state index in [4.69, 9.17) is 9.47 Å². The van der Waals surface area contributed by atoms with Gasteiger partial charge in [0, 0.05) is 50.9 Å². The van der Waals surface area contributed by atoms with E-state index in [9.17, 15) is 0 Å². The van der Waals surface area contributed by atoms with Gasteiger partial charge in [-0.05, 0) is 0 Å². The quantitative estimate of drug-likeness (QED) is 0.517. The molecule has 1 atom stereocenters. The van der Waals surface area contributed by atoms with Crippen molar-refractivity contribution >= 4 is 11.9 Å². The molecule has 2 aliphatic rings. The number of nitrogens with zero attached hydrogens (tertiary/aromatic N) is 1. The molecular formula is C12H25N3O2S. The van der Waals surface area contributed by atoms with Gasteiger partial charge in [-0.2, -0.15) is 0 Å². The first-order valence-corrected chi connectivity index (χ1v) is 7.87. The Morgan fingerprint density at radius 2 is 2.11 bits per heavy atom. The molecule has 2 saturated heterocycles. The summed E-state index contributed by atoms with van der Waals surface area (Å²) in [5.74, 6) is 1.74. The van der Waals surface area contributed by atoms with Crippen LogP contribution in [-0.2, 0) is 9.47 Å². The van der Waals surface area contributed by atoms with Gasteiger partial charge in [-0.15, -0.1) is 0 Å². The molecule has 0 aromatic heterocycles. The third-order valence-corrected chi connectivity index (χ3v) is 4.05. The Balaban J connectivity index is 1.45. The molecule has 106 valence electrons. The summed E-state index contributed by atoms with van der Waals surface area (Å²) in [6, 6.07) is 0. The van der Waals surface area contributed by atoms with Crippen molar-refractivity contribution in [3.05, 3.63) is 0 Å². The third-order valence-electron chi connectivity index (χ3n) is 3.30. The van der Waals surface area contributed by atoms with Crippen molar-refractivity contribution in [2.45, 2.75) is 0 Å². The van der Waals surface area contributed by atoms with Crippen LogP contribution < -0.4 is 10.0 Å². The zero-order chi connectivity index (χ0) is 12.5. The van der Waals surface area contributed by atoms with Crippen LogP contribution in [-0.4, -0.2) is 76.3 Å². The molecule has 0 radical (unpaired) electrons. The molecule has 18 heavy (non-hydrogen) atoms. The van der Waals surface area contributed by atoms with Gasteiger partial charge in [-0.1, -0.05) is 11.9 Å². The van der Waals surface area contributed by atoms with Gasteiger partial charge in [0.15, 0.2) is 0 Å². The first kappa shape index (κ1) is 14.6. The van der Waals surface area contributed by atoms with Crippen LogP contribution in [0.3, 0.4) is 0 Å². The summed E-state index contributed by atoms with van der Waals surface area (Å²) in [6.07, 6.45) is 0. The second-order valence-corrected chi connectivity index (χ2v) is 5.78. The topological polar surface area (TPSA) is 45.8 Å². The Kier molecular flexibility index (Phi) is 7.37. The van der Waals surface area contributed by atoms with E-state index in [1.54, 1.807) is 0 Å². The van der Waals surface area contributed by atoms with Crippen LogP contribution in [0.4, 0.5) is 0 Å². The van der Waals surface area contributed by atoms with E-state index in [-0.39, 0.29) is 0 Å². The van der Waals surface area contributed by atoms with Crippen LogP contribution in [0.15, 0.2) is 0 Å². The average Bonchev–Trinajstić information content (AvgIpc) is 2.68. The van der Waals surface area contributed by atoms with Crippen molar-refractivity contribution in [1.29, 1.82) is 0 Å². The van der Waals surface area contributed by atoms with Crippen molar-refractivity contribution in [3.63, 3.8) is 0 Å². The molecule has 0 aliphatic carbocycles. The highest BCUT2D eigenvalue weighted by atomic mass is 32.2. The molecule has 0 saturated carbocycles. The zero-order valence-corrected chi connectivity index (χ0v) is 11.8. The SMILES string of the molecule is C1COCC(CNSCCN2CCOCC2)CN1. The summed E-state index contributed by atoms with van der Waals surface area (Å²) < 4.78 is 14.3. The highest BCUT2D eigenvalue weighted by molar-refractivity contribution is 7.97. The summed E-state index contributed by atoms with van der Waals surface area (Å²) >= 11 is 1.83. The molecule has 5 nitrogen and oxygen atoms in total. The van der Waals surface area contributed by atoms with Gasteiger partial charge in [-0.25, -0.2) is 0 Å². The number of morpholine rings is 1. The van der Waals surface area contributed by atoms with Crippen molar-refractivity contribution in [3.8, 4) is 0 Å². The van der Waals surface area contributed by atoms with Gasteiger partial charge in [0.2, 0.25) is 0 Å². The predicted octanol–water partition coefficient (Wildman–Crippen LogP) is -0.208. The molecule has 6 heteroatoms. The van der Waals surface area contributed by atoms with Gasteiger partial charge in [-0.3, -0.25) is 9.62 Å². The largest absolute Gasteiger partial charge is 0.380 e. The molecule has 2 rings (SSSR count). The zero-order valence-electron chi connectivity index (χ0n) is 11.0. The fraction of sp³-hybridized carbons (Fsp3) is 1.00. The van der Waals surface area contributed by atoms with Gasteiger partial charge >= 0.3 is 0 Å². The molecule has 1 unspecified atom stereocenters. The fourth-order valence-corrected chi connectivity index (χ4v) is 2.99. The molecule has 0 spiro atoms. The second kappa shape index (κ2) is 9.12. The molecular weight excluding hydrogens is 250 g/mol. The summed E-state index contributed by atoms with van der Waals surface area (Å²) in [7, 11) is 0. The molecule has 0 aromatic rings. The molecule has 0 bridgehead atoms. The van der Waals surface area contributed by atoms with Gasteiger partial charge in [0.25, 0.3) is 0 Å². The summed E-state index contributed by atoms with van der Waals surface area (Å²) in [5, 5.41) is 3.39. The lowest BCUT2D eigenvalue weighted by Crippen LogP contribution is -2.38. The van der Waals surface area contributed by atoms with Crippen LogP contribution >= 0.6 is 11.9 Å². The van der Waals surface area contributed by atoms with Crippen LogP contribution in [0.5, 0.6) is 0 Å². The van der Waals surface area contributed by atoms with E-state index >= 15 is 0 Å². The molecule has 2 heterocycles. The van der Waals surface area contributed by atoms with Crippen LogP contribution in [0.1, 0.15) is 0 Å². The van der Waals surface area contributed by atoms with Crippen LogP contribution in [0.2, 0.25) is 0 Å². The Hall–Kier alpha value is 0.150. The number of hydrogen-bond acceptors (Lipinski definition) is 6. The number of nitrogens with one attached hydrogen (secondary N) is 2. The summed E-state index contributed by atoms with van der Waals surface area (Å²) in [6.45, 7) is 9.91. The molecule has 0 aromatic carbocycles. The van der Waals surface area contributed by atoms with E-state index in [1.165, 1.54) is 0 Å². The molecule has 0 amide bonds. The standard InChI is InChI=1S/C12H25N3O2S/c1-5-17-11-12(9-13-1)10-14-18-8-4-15-2-6-16-7-3-15/h12-14H,1-11H2. The van der Waals surface area contributed by atoms with Gasteiger partial charge in [0.1, 0.15) is 0 Å². The van der Waals surface area contributed by atoms with E-state index in [1.807, 2.05) is 11.9 Å². The lowest BCUT2D eigenvalue weighted by molar-refractivity contribution is 0.0410. The Morgan fingerprint density at radius 1 is 1.22 bits per heavy atom. The monoisotopic (exact) mass is 275 g/mol. The predicted molar refractivity (Wildman–Crippen MR) is 74.9 cm³/mol. The summed E-state index contributed by atoms with van der Waals surface area (Å²) in [5.41, 5.74) is 0. The first-order valence-electron chi connectivity index (χ1n) is 6.88. The van der Waals surface area contributed by atoms with E-state index in [2.05, 4.69) is 14.9 Å². The maximum Gasteiger partial charge on any atom is 0.0594 e. The van der Waals surface area contributed by atoms with Crippen molar-refractivity contribution in [1.82, 2.24) is 14.9 Å². The third kappa shape index (κ3) is 5.86. The van der Waals surface area contributed by atoms with Crippen LogP contribution in [0, 0.1) is 5.92 Å². The number of ether oxygens (including phenoxy) is 2. The Labute approximate surface area is 114 Å². The maximum absolute atomic E-state index is 5.53. The van der Waals surface area contributed by atoms with Crippen molar-refractivity contribution < 1.29 is 9.47 Å². The normalized spacial score (nSPS) is 27.0. The molecule has 2 N–H and O–H groups in total. The van der Waals surface area contributed by atoms with Gasteiger partial charge in [0.05, 0.1) is 26.4 Å². The van der Waals surface area contributed by atoms with Crippen molar-refractivity contribution in [2.24, 2.45) is 5.92 Å². The minimum atomic E-state index is 0.600. The minimum absolute atomic E-state index is 0.600. The highest BCUT2D eigenvalue weighted by Gasteiger charge is 2.12. The van der Waals surface area contributed by atoms with E-state index < -0.39 is 0 Å². The number of rotatable bonds is 6. The fourth-order valence-electron chi connectivity index (χ4n) is 2.14. The summed E-state index contributed by atoms with van der Waals surface area (Å²) in [4.78, 5) is 2.47. The second-order valence-electron chi connectivity index (χ2n) is 4.80. The first-order chi connectivity index (χ1) is 8.95. The lowest BCUT2D eigenvalue weighted by atomic mass is 10.2. The highest BCUT2D eigenvalue weighted by Crippen LogP contribution is 2.03. The maximum atomic E-state index is 5.53. The van der Waals surface area contributed by atoms with Crippen molar-refractivity contribution in [2.75, 3.05) is 71.4 Å². The smallest absolute Gasteiger partial charge is 0.0594 e. The molecule has 2 fully saturated rings. The van der Waals surface area contributed by atoms with Gasteiger partial charge < -0.3 is 14.8 Å². The average molecular weight is 275 g/mol. The Morgan fingerprint density at radius 3 is 3.00 bits per heavy atom. The lowest BCUT2D eigenvalue weighted by Gasteiger charge is -2.26. The number of hydrogen-bond donors (Lipinski definition) is 2. The van der Waals surface area contributed by atoms with E-state index in [0.717, 1.165) is 71.4 Å². The minimum Gasteiger partial charge on any atom is -0.380 e. The van der Waals surface area contributed by atoms with Crippen LogP contribution in [0.25, 0.3) is 0 Å².